The average Bonchev–Trinajstić information content (AvgIpc) is 2.61. The van der Waals surface area contributed by atoms with E-state index in [1.807, 2.05) is 24.3 Å². The summed E-state index contributed by atoms with van der Waals surface area (Å²) in [6.07, 6.45) is 0. The molecule has 5 heteroatoms. The van der Waals surface area contributed by atoms with Crippen LogP contribution in [0.1, 0.15) is 11.6 Å². The lowest BCUT2D eigenvalue weighted by Crippen LogP contribution is -2.32. The highest BCUT2D eigenvalue weighted by Gasteiger charge is 2.28. The number of nitrogens with two attached hydrogens (primary N) is 1. The third-order valence-electron chi connectivity index (χ3n) is 2.64. The van der Waals surface area contributed by atoms with Crippen molar-refractivity contribution >= 4 is 17.6 Å². The minimum absolute atomic E-state index is 0.0118. The number of nitrogens with zero attached hydrogens (tertiary/aromatic N) is 1. The first-order chi connectivity index (χ1) is 7.70. The van der Waals surface area contributed by atoms with E-state index in [-0.39, 0.29) is 12.1 Å². The van der Waals surface area contributed by atoms with Crippen molar-refractivity contribution in [1.82, 2.24) is 10.2 Å². The van der Waals surface area contributed by atoms with Crippen LogP contribution in [0, 0.1) is 0 Å². The van der Waals surface area contributed by atoms with Crippen LogP contribution in [0.4, 0.5) is 4.79 Å². The number of rotatable bonds is 3. The number of benzene rings is 1. The Morgan fingerprint density at radius 1 is 1.56 bits per heavy atom. The van der Waals surface area contributed by atoms with Crippen molar-refractivity contribution in [3.05, 3.63) is 34.9 Å². The van der Waals surface area contributed by atoms with Gasteiger partial charge in [0, 0.05) is 24.7 Å². The molecule has 1 fully saturated rings. The van der Waals surface area contributed by atoms with Crippen molar-refractivity contribution in [3.63, 3.8) is 0 Å². The fourth-order valence-corrected chi connectivity index (χ4v) is 2.05. The number of hydrogen-bond acceptors (Lipinski definition) is 2. The van der Waals surface area contributed by atoms with Crippen molar-refractivity contribution in [3.8, 4) is 0 Å². The molecule has 16 heavy (non-hydrogen) atoms. The number of amides is 2. The third kappa shape index (κ3) is 2.28. The van der Waals surface area contributed by atoms with E-state index >= 15 is 0 Å². The lowest BCUT2D eigenvalue weighted by Gasteiger charge is -2.13. The summed E-state index contributed by atoms with van der Waals surface area (Å²) in [5.41, 5.74) is 6.46. The number of carbonyl (C=O) groups is 1. The quantitative estimate of drug-likeness (QED) is 0.837. The highest BCUT2D eigenvalue weighted by Crippen LogP contribution is 2.22. The summed E-state index contributed by atoms with van der Waals surface area (Å²) in [6.45, 7) is 1.72. The SMILES string of the molecule is NCCN1CC(c2cccc(Cl)c2)NC1=O. The van der Waals surface area contributed by atoms with Gasteiger partial charge >= 0.3 is 6.03 Å². The minimum Gasteiger partial charge on any atom is -0.329 e. The van der Waals surface area contributed by atoms with E-state index in [0.717, 1.165) is 5.56 Å². The summed E-state index contributed by atoms with van der Waals surface area (Å²) >= 11 is 5.91. The molecule has 0 aliphatic carbocycles. The molecule has 1 heterocycles. The van der Waals surface area contributed by atoms with Crippen LogP contribution in [0.5, 0.6) is 0 Å². The molecule has 2 amide bonds. The predicted molar refractivity (Wildman–Crippen MR) is 63.4 cm³/mol. The van der Waals surface area contributed by atoms with E-state index in [0.29, 0.717) is 24.7 Å². The van der Waals surface area contributed by atoms with Crippen LogP contribution >= 0.6 is 11.6 Å². The highest BCUT2D eigenvalue weighted by atomic mass is 35.5. The van der Waals surface area contributed by atoms with Gasteiger partial charge in [0.25, 0.3) is 0 Å². The van der Waals surface area contributed by atoms with Gasteiger partial charge in [-0.2, -0.15) is 0 Å². The first-order valence-corrected chi connectivity index (χ1v) is 5.59. The molecule has 1 unspecified atom stereocenters. The molecule has 0 saturated carbocycles. The van der Waals surface area contributed by atoms with E-state index in [9.17, 15) is 4.79 Å². The van der Waals surface area contributed by atoms with Gasteiger partial charge in [0.05, 0.1) is 6.04 Å². The molecule has 1 aromatic rings. The lowest BCUT2D eigenvalue weighted by atomic mass is 10.1. The molecule has 1 aliphatic rings. The van der Waals surface area contributed by atoms with Crippen molar-refractivity contribution in [1.29, 1.82) is 0 Å². The number of hydrogen-bond donors (Lipinski definition) is 2. The maximum Gasteiger partial charge on any atom is 0.318 e. The molecule has 1 atom stereocenters. The predicted octanol–water partition coefficient (Wildman–Crippen LogP) is 1.36. The Kier molecular flexibility index (Phi) is 3.31. The number of urea groups is 1. The first-order valence-electron chi connectivity index (χ1n) is 5.21. The van der Waals surface area contributed by atoms with Gasteiger partial charge in [-0.25, -0.2) is 4.79 Å². The Morgan fingerprint density at radius 2 is 2.38 bits per heavy atom. The molecule has 1 aromatic carbocycles. The number of carbonyl (C=O) groups excluding carboxylic acids is 1. The average molecular weight is 240 g/mol. The Labute approximate surface area is 99.4 Å². The molecule has 3 N–H and O–H groups in total. The van der Waals surface area contributed by atoms with Gasteiger partial charge in [-0.15, -0.1) is 0 Å². The number of nitrogens with one attached hydrogen (secondary N) is 1. The molecular weight excluding hydrogens is 226 g/mol. The molecule has 2 rings (SSSR count). The highest BCUT2D eigenvalue weighted by molar-refractivity contribution is 6.30. The molecule has 4 nitrogen and oxygen atoms in total. The van der Waals surface area contributed by atoms with Gasteiger partial charge in [0.2, 0.25) is 0 Å². The van der Waals surface area contributed by atoms with Crippen LogP contribution in [-0.4, -0.2) is 30.6 Å². The maximum absolute atomic E-state index is 11.6. The molecule has 0 bridgehead atoms. The Hall–Kier alpha value is -1.26. The molecule has 86 valence electrons. The van der Waals surface area contributed by atoms with E-state index in [1.165, 1.54) is 0 Å². The summed E-state index contributed by atoms with van der Waals surface area (Å²) < 4.78 is 0. The minimum atomic E-state index is -0.0598. The second kappa shape index (κ2) is 4.72. The summed E-state index contributed by atoms with van der Waals surface area (Å²) in [4.78, 5) is 13.3. The summed E-state index contributed by atoms with van der Waals surface area (Å²) in [5.74, 6) is 0. The van der Waals surface area contributed by atoms with Crippen LogP contribution in [0.3, 0.4) is 0 Å². The first kappa shape index (κ1) is 11.2. The topological polar surface area (TPSA) is 58.4 Å². The molecule has 1 aliphatic heterocycles. The van der Waals surface area contributed by atoms with E-state index in [4.69, 9.17) is 17.3 Å². The van der Waals surface area contributed by atoms with Gasteiger partial charge < -0.3 is 16.0 Å². The molecule has 1 saturated heterocycles. The van der Waals surface area contributed by atoms with E-state index < -0.39 is 0 Å². The van der Waals surface area contributed by atoms with Crippen LogP contribution in [0.2, 0.25) is 5.02 Å². The maximum atomic E-state index is 11.6. The van der Waals surface area contributed by atoms with Crippen LogP contribution in [0.15, 0.2) is 24.3 Å². The van der Waals surface area contributed by atoms with Crippen molar-refractivity contribution in [2.45, 2.75) is 6.04 Å². The smallest absolute Gasteiger partial charge is 0.318 e. The van der Waals surface area contributed by atoms with Gasteiger partial charge in [0.1, 0.15) is 0 Å². The Bertz CT molecular complexity index is 397. The van der Waals surface area contributed by atoms with E-state index in [2.05, 4.69) is 5.32 Å². The summed E-state index contributed by atoms with van der Waals surface area (Å²) in [5, 5.41) is 3.59. The molecule has 0 aromatic heterocycles. The monoisotopic (exact) mass is 239 g/mol. The fourth-order valence-electron chi connectivity index (χ4n) is 1.85. The Balaban J connectivity index is 2.10. The standard InChI is InChI=1S/C11H14ClN3O/c12-9-3-1-2-8(6-9)10-7-15(5-4-13)11(16)14-10/h1-3,6,10H,4-5,7,13H2,(H,14,16). The van der Waals surface area contributed by atoms with Gasteiger partial charge in [-0.1, -0.05) is 23.7 Å². The van der Waals surface area contributed by atoms with Crippen LogP contribution < -0.4 is 11.1 Å². The third-order valence-corrected chi connectivity index (χ3v) is 2.87. The normalized spacial score (nSPS) is 20.0. The zero-order valence-electron chi connectivity index (χ0n) is 8.82. The molecule has 0 radical (unpaired) electrons. The van der Waals surface area contributed by atoms with Gasteiger partial charge in [-0.05, 0) is 17.7 Å². The van der Waals surface area contributed by atoms with E-state index in [1.54, 1.807) is 4.90 Å². The summed E-state index contributed by atoms with van der Waals surface area (Å²) in [6, 6.07) is 7.49. The zero-order valence-corrected chi connectivity index (χ0v) is 9.57. The van der Waals surface area contributed by atoms with Crippen molar-refractivity contribution in [2.75, 3.05) is 19.6 Å². The second-order valence-corrected chi connectivity index (χ2v) is 4.23. The lowest BCUT2D eigenvalue weighted by molar-refractivity contribution is 0.218. The van der Waals surface area contributed by atoms with Crippen molar-refractivity contribution < 1.29 is 4.79 Å². The fraction of sp³-hybridized carbons (Fsp3) is 0.364. The van der Waals surface area contributed by atoms with Crippen molar-refractivity contribution in [2.24, 2.45) is 5.73 Å². The Morgan fingerprint density at radius 3 is 3.06 bits per heavy atom. The second-order valence-electron chi connectivity index (χ2n) is 3.79. The van der Waals surface area contributed by atoms with Crippen LogP contribution in [0.25, 0.3) is 0 Å². The zero-order chi connectivity index (χ0) is 11.5. The summed E-state index contributed by atoms with van der Waals surface area (Å²) in [7, 11) is 0. The largest absolute Gasteiger partial charge is 0.329 e. The van der Waals surface area contributed by atoms with Gasteiger partial charge in [-0.3, -0.25) is 0 Å². The van der Waals surface area contributed by atoms with Crippen LogP contribution in [-0.2, 0) is 0 Å². The number of halogens is 1. The molecule has 0 spiro atoms. The molecular formula is C11H14ClN3O. The van der Waals surface area contributed by atoms with Gasteiger partial charge in [0.15, 0.2) is 0 Å².